The lowest BCUT2D eigenvalue weighted by Gasteiger charge is -2.08. The smallest absolute Gasteiger partial charge is 0.185 e. The summed E-state index contributed by atoms with van der Waals surface area (Å²) < 4.78 is 24.1. The van der Waals surface area contributed by atoms with Crippen LogP contribution in [0.2, 0.25) is 5.02 Å². The van der Waals surface area contributed by atoms with E-state index in [0.717, 1.165) is 25.7 Å². The van der Waals surface area contributed by atoms with Crippen LogP contribution in [0.3, 0.4) is 0 Å². The second kappa shape index (κ2) is 5.41. The number of sulfone groups is 1. The minimum Gasteiger partial charge on any atom is -0.298 e. The highest BCUT2D eigenvalue weighted by Gasteiger charge is 2.27. The first kappa shape index (κ1) is 13.6. The Morgan fingerprint density at radius 1 is 1.17 bits per heavy atom. The van der Waals surface area contributed by atoms with Gasteiger partial charge >= 0.3 is 0 Å². The molecule has 0 spiro atoms. The Morgan fingerprint density at radius 3 is 2.28 bits per heavy atom. The van der Waals surface area contributed by atoms with Crippen LogP contribution in [-0.2, 0) is 14.6 Å². The molecule has 0 amide bonds. The first-order valence-corrected chi connectivity index (χ1v) is 8.03. The quantitative estimate of drug-likeness (QED) is 0.855. The standard InChI is InChI=1S/C13H15ClO3S/c14-11-5-7-12(8-6-11)18(16,17)9-13(15)10-3-1-2-4-10/h5-8,10H,1-4,9H2. The van der Waals surface area contributed by atoms with Crippen LogP contribution in [0.1, 0.15) is 25.7 Å². The SMILES string of the molecule is O=C(CS(=O)(=O)c1ccc(Cl)cc1)C1CCCC1. The van der Waals surface area contributed by atoms with Crippen molar-refractivity contribution in [2.75, 3.05) is 5.75 Å². The lowest BCUT2D eigenvalue weighted by molar-refractivity contribution is -0.120. The molecule has 1 aromatic rings. The van der Waals surface area contributed by atoms with Gasteiger partial charge in [0, 0.05) is 10.9 Å². The molecule has 3 nitrogen and oxygen atoms in total. The van der Waals surface area contributed by atoms with E-state index in [2.05, 4.69) is 0 Å². The zero-order chi connectivity index (χ0) is 13.2. The number of carbonyl (C=O) groups is 1. The van der Waals surface area contributed by atoms with Crippen LogP contribution in [0.25, 0.3) is 0 Å². The molecule has 5 heteroatoms. The highest BCUT2D eigenvalue weighted by molar-refractivity contribution is 7.92. The average Bonchev–Trinajstić information content (AvgIpc) is 2.82. The van der Waals surface area contributed by atoms with Gasteiger partial charge in [0.15, 0.2) is 15.6 Å². The van der Waals surface area contributed by atoms with Gasteiger partial charge in [0.05, 0.1) is 4.90 Å². The van der Waals surface area contributed by atoms with Gasteiger partial charge in [-0.3, -0.25) is 4.79 Å². The molecular weight excluding hydrogens is 272 g/mol. The summed E-state index contributed by atoms with van der Waals surface area (Å²) in [6, 6.07) is 5.93. The molecule has 0 radical (unpaired) electrons. The van der Waals surface area contributed by atoms with E-state index < -0.39 is 9.84 Å². The zero-order valence-electron chi connectivity index (χ0n) is 9.93. The highest BCUT2D eigenvalue weighted by Crippen LogP contribution is 2.26. The minimum absolute atomic E-state index is 0.0629. The van der Waals surface area contributed by atoms with Gasteiger partial charge in [-0.25, -0.2) is 8.42 Å². The van der Waals surface area contributed by atoms with Crippen molar-refractivity contribution in [1.82, 2.24) is 0 Å². The number of hydrogen-bond donors (Lipinski definition) is 0. The summed E-state index contributed by atoms with van der Waals surface area (Å²) in [5.74, 6) is -0.603. The fraction of sp³-hybridized carbons (Fsp3) is 0.462. The third-order valence-corrected chi connectivity index (χ3v) is 5.22. The molecule has 0 saturated heterocycles. The monoisotopic (exact) mass is 286 g/mol. The van der Waals surface area contributed by atoms with Crippen molar-refractivity contribution < 1.29 is 13.2 Å². The van der Waals surface area contributed by atoms with Gasteiger partial charge in [-0.1, -0.05) is 24.4 Å². The Balaban J connectivity index is 2.11. The molecule has 0 aromatic heterocycles. The lowest BCUT2D eigenvalue weighted by Crippen LogP contribution is -2.22. The number of benzene rings is 1. The van der Waals surface area contributed by atoms with E-state index in [1.165, 1.54) is 24.3 Å². The number of carbonyl (C=O) groups excluding carboxylic acids is 1. The summed E-state index contributed by atoms with van der Waals surface area (Å²) in [4.78, 5) is 12.1. The van der Waals surface area contributed by atoms with Crippen molar-refractivity contribution in [3.8, 4) is 0 Å². The first-order chi connectivity index (χ1) is 8.49. The van der Waals surface area contributed by atoms with E-state index in [-0.39, 0.29) is 22.3 Å². The number of hydrogen-bond acceptors (Lipinski definition) is 3. The summed E-state index contributed by atoms with van der Waals surface area (Å²) in [5, 5.41) is 0.482. The van der Waals surface area contributed by atoms with Crippen LogP contribution >= 0.6 is 11.6 Å². The minimum atomic E-state index is -3.52. The molecule has 0 N–H and O–H groups in total. The maximum absolute atomic E-state index is 12.0. The number of ketones is 1. The summed E-state index contributed by atoms with van der Waals surface area (Å²) >= 11 is 5.71. The molecule has 0 aliphatic heterocycles. The summed E-state index contributed by atoms with van der Waals surface area (Å²) in [6.07, 6.45) is 3.71. The van der Waals surface area contributed by atoms with Crippen molar-refractivity contribution >= 4 is 27.2 Å². The van der Waals surface area contributed by atoms with Crippen molar-refractivity contribution in [2.24, 2.45) is 5.92 Å². The fourth-order valence-electron chi connectivity index (χ4n) is 2.28. The first-order valence-electron chi connectivity index (χ1n) is 6.00. The second-order valence-corrected chi connectivity index (χ2v) is 7.09. The van der Waals surface area contributed by atoms with Crippen LogP contribution < -0.4 is 0 Å². The normalized spacial score (nSPS) is 16.9. The van der Waals surface area contributed by atoms with Gasteiger partial charge < -0.3 is 0 Å². The van der Waals surface area contributed by atoms with Gasteiger partial charge in [0.1, 0.15) is 5.75 Å². The fourth-order valence-corrected chi connectivity index (χ4v) is 3.73. The number of halogens is 1. The maximum atomic E-state index is 12.0. The molecular formula is C13H15ClO3S. The lowest BCUT2D eigenvalue weighted by atomic mass is 10.0. The molecule has 0 atom stereocenters. The number of Topliss-reactive ketones (excluding diaryl/α,β-unsaturated/α-hetero) is 1. The maximum Gasteiger partial charge on any atom is 0.185 e. The Bertz CT molecular complexity index is 528. The van der Waals surface area contributed by atoms with E-state index >= 15 is 0 Å². The Labute approximate surface area is 112 Å². The van der Waals surface area contributed by atoms with Crippen LogP contribution in [0.4, 0.5) is 0 Å². The molecule has 0 bridgehead atoms. The largest absolute Gasteiger partial charge is 0.298 e. The van der Waals surface area contributed by atoms with Crippen LogP contribution in [0.5, 0.6) is 0 Å². The third kappa shape index (κ3) is 3.12. The number of rotatable bonds is 4. The summed E-state index contributed by atoms with van der Waals surface area (Å²) in [5.41, 5.74) is 0. The average molecular weight is 287 g/mol. The van der Waals surface area contributed by atoms with E-state index in [1.54, 1.807) is 0 Å². The second-order valence-electron chi connectivity index (χ2n) is 4.66. The molecule has 18 heavy (non-hydrogen) atoms. The van der Waals surface area contributed by atoms with Crippen molar-refractivity contribution in [3.63, 3.8) is 0 Å². The topological polar surface area (TPSA) is 51.2 Å². The molecule has 98 valence electrons. The summed E-state index contributed by atoms with van der Waals surface area (Å²) in [6.45, 7) is 0. The third-order valence-electron chi connectivity index (χ3n) is 3.32. The molecule has 0 unspecified atom stereocenters. The predicted molar refractivity (Wildman–Crippen MR) is 70.5 cm³/mol. The van der Waals surface area contributed by atoms with E-state index in [0.29, 0.717) is 5.02 Å². The van der Waals surface area contributed by atoms with Crippen LogP contribution in [0, 0.1) is 5.92 Å². The van der Waals surface area contributed by atoms with Gasteiger partial charge in [0.25, 0.3) is 0 Å². The molecule has 1 aromatic carbocycles. The van der Waals surface area contributed by atoms with Crippen molar-refractivity contribution in [3.05, 3.63) is 29.3 Å². The zero-order valence-corrected chi connectivity index (χ0v) is 11.5. The van der Waals surface area contributed by atoms with E-state index in [1.807, 2.05) is 0 Å². The molecule has 1 fully saturated rings. The van der Waals surface area contributed by atoms with Crippen LogP contribution in [-0.4, -0.2) is 20.0 Å². The predicted octanol–water partition coefficient (Wildman–Crippen LogP) is 2.87. The summed E-state index contributed by atoms with van der Waals surface area (Å²) in [7, 11) is -3.52. The Morgan fingerprint density at radius 2 is 1.72 bits per heavy atom. The Kier molecular flexibility index (Phi) is 4.07. The molecule has 1 aliphatic rings. The Hall–Kier alpha value is -0.870. The molecule has 0 heterocycles. The van der Waals surface area contributed by atoms with Gasteiger partial charge in [-0.05, 0) is 37.1 Å². The highest BCUT2D eigenvalue weighted by atomic mass is 35.5. The van der Waals surface area contributed by atoms with Crippen LogP contribution in [0.15, 0.2) is 29.2 Å². The van der Waals surface area contributed by atoms with Crippen molar-refractivity contribution in [2.45, 2.75) is 30.6 Å². The van der Waals surface area contributed by atoms with Gasteiger partial charge in [-0.15, -0.1) is 0 Å². The van der Waals surface area contributed by atoms with Gasteiger partial charge in [-0.2, -0.15) is 0 Å². The molecule has 2 rings (SSSR count). The molecule has 1 aliphatic carbocycles. The van der Waals surface area contributed by atoms with E-state index in [4.69, 9.17) is 11.6 Å². The van der Waals surface area contributed by atoms with E-state index in [9.17, 15) is 13.2 Å². The van der Waals surface area contributed by atoms with Crippen molar-refractivity contribution in [1.29, 1.82) is 0 Å². The van der Waals surface area contributed by atoms with Gasteiger partial charge in [0.2, 0.25) is 0 Å². The molecule has 1 saturated carbocycles.